The highest BCUT2D eigenvalue weighted by Crippen LogP contribution is 2.42. The molecule has 0 heterocycles. The molecule has 3 heteroatoms. The molecule has 2 saturated carbocycles. The van der Waals surface area contributed by atoms with Crippen LogP contribution in [0.4, 0.5) is 8.78 Å². The molecule has 0 saturated heterocycles. The average molecular weight is 481 g/mol. The highest BCUT2D eigenvalue weighted by Gasteiger charge is 2.28. The molecule has 2 aliphatic rings. The third-order valence-corrected chi connectivity index (χ3v) is 8.51. The molecule has 2 aliphatic carbocycles. The smallest absolute Gasteiger partial charge is 0.201 e. The normalized spacial score (nSPS) is 25.1. The monoisotopic (exact) mass is 480 g/mol. The molecule has 0 N–H and O–H groups in total. The van der Waals surface area contributed by atoms with E-state index in [2.05, 4.69) is 31.2 Å². The van der Waals surface area contributed by atoms with E-state index in [0.29, 0.717) is 5.56 Å². The van der Waals surface area contributed by atoms with Crippen LogP contribution >= 0.6 is 0 Å². The molecule has 35 heavy (non-hydrogen) atoms. The van der Waals surface area contributed by atoms with Gasteiger partial charge in [0, 0.05) is 0 Å². The van der Waals surface area contributed by atoms with Gasteiger partial charge in [0.1, 0.15) is 0 Å². The Morgan fingerprint density at radius 1 is 0.771 bits per heavy atom. The van der Waals surface area contributed by atoms with Crippen LogP contribution in [0, 0.1) is 23.5 Å². The van der Waals surface area contributed by atoms with Gasteiger partial charge >= 0.3 is 0 Å². The lowest BCUT2D eigenvalue weighted by molar-refractivity contribution is 0.250. The van der Waals surface area contributed by atoms with Gasteiger partial charge in [0.05, 0.1) is 6.26 Å². The summed E-state index contributed by atoms with van der Waals surface area (Å²) < 4.78 is 34.3. The van der Waals surface area contributed by atoms with E-state index in [4.69, 9.17) is 4.74 Å². The van der Waals surface area contributed by atoms with Gasteiger partial charge in [0.15, 0.2) is 11.6 Å². The van der Waals surface area contributed by atoms with E-state index in [1.54, 1.807) is 25.1 Å². The minimum atomic E-state index is -0.866. The number of rotatable bonds is 9. The molecular formula is C32H42F2O. The second-order valence-corrected chi connectivity index (χ2v) is 10.9. The van der Waals surface area contributed by atoms with Gasteiger partial charge in [-0.1, -0.05) is 62.6 Å². The number of hydrogen-bond acceptors (Lipinski definition) is 1. The summed E-state index contributed by atoms with van der Waals surface area (Å²) in [4.78, 5) is 0. The lowest BCUT2D eigenvalue weighted by Gasteiger charge is -2.32. The highest BCUT2D eigenvalue weighted by molar-refractivity contribution is 5.34. The van der Waals surface area contributed by atoms with Crippen molar-refractivity contribution in [2.45, 2.75) is 103 Å². The molecule has 190 valence electrons. The van der Waals surface area contributed by atoms with Crippen molar-refractivity contribution in [3.63, 3.8) is 0 Å². The fraction of sp³-hybridized carbons (Fsp3) is 0.562. The molecule has 0 aliphatic heterocycles. The van der Waals surface area contributed by atoms with Crippen LogP contribution in [0.15, 0.2) is 48.7 Å². The Balaban J connectivity index is 1.19. The Morgan fingerprint density at radius 3 is 1.94 bits per heavy atom. The zero-order chi connectivity index (χ0) is 24.6. The largest absolute Gasteiger partial charge is 0.462 e. The molecule has 0 unspecified atom stereocenters. The molecule has 0 radical (unpaired) electrons. The fourth-order valence-corrected chi connectivity index (χ4v) is 6.36. The van der Waals surface area contributed by atoms with Crippen LogP contribution in [0.3, 0.4) is 0 Å². The maximum atomic E-state index is 14.7. The first kappa shape index (κ1) is 25.9. The maximum absolute atomic E-state index is 14.7. The van der Waals surface area contributed by atoms with E-state index in [0.717, 1.165) is 43.4 Å². The Bertz CT molecular complexity index is 948. The van der Waals surface area contributed by atoms with Gasteiger partial charge in [-0.25, -0.2) is 4.39 Å². The van der Waals surface area contributed by atoms with Crippen molar-refractivity contribution < 1.29 is 13.5 Å². The predicted molar refractivity (Wildman–Crippen MR) is 141 cm³/mol. The summed E-state index contributed by atoms with van der Waals surface area (Å²) in [6.45, 7) is 4.02. The standard InChI is InChI=1S/C32H42F2O/c1-3-5-23-8-14-26(15-9-23)27-16-10-24(11-17-27)6-7-25-12-18-28(19-13-25)29-20-21-30(35-22-4-2)32(34)31(29)33/h4,8-9,14-15,20-22,24-25,27-28H,3,5-7,10-13,16-19H2,1-2H3. The Morgan fingerprint density at radius 2 is 1.37 bits per heavy atom. The summed E-state index contributed by atoms with van der Waals surface area (Å²) in [6, 6.07) is 12.7. The van der Waals surface area contributed by atoms with E-state index in [1.165, 1.54) is 68.8 Å². The molecule has 2 aromatic carbocycles. The summed E-state index contributed by atoms with van der Waals surface area (Å²) >= 11 is 0. The van der Waals surface area contributed by atoms with E-state index >= 15 is 0 Å². The molecule has 0 spiro atoms. The predicted octanol–water partition coefficient (Wildman–Crippen LogP) is 9.86. The molecule has 0 bridgehead atoms. The van der Waals surface area contributed by atoms with Crippen molar-refractivity contribution in [3.05, 3.63) is 77.1 Å². The maximum Gasteiger partial charge on any atom is 0.201 e. The molecular weight excluding hydrogens is 438 g/mol. The zero-order valence-electron chi connectivity index (χ0n) is 21.6. The van der Waals surface area contributed by atoms with E-state index in [9.17, 15) is 8.78 Å². The Labute approximate surface area is 211 Å². The number of ether oxygens (including phenoxy) is 1. The van der Waals surface area contributed by atoms with Crippen LogP contribution in [0.5, 0.6) is 5.75 Å². The van der Waals surface area contributed by atoms with Gasteiger partial charge in [-0.15, -0.1) is 0 Å². The topological polar surface area (TPSA) is 9.23 Å². The molecule has 1 nitrogen and oxygen atoms in total. The zero-order valence-corrected chi connectivity index (χ0v) is 21.6. The van der Waals surface area contributed by atoms with Crippen molar-refractivity contribution >= 4 is 0 Å². The van der Waals surface area contributed by atoms with Crippen LogP contribution in [0.25, 0.3) is 0 Å². The van der Waals surface area contributed by atoms with Crippen molar-refractivity contribution in [2.75, 3.05) is 0 Å². The fourth-order valence-electron chi connectivity index (χ4n) is 6.36. The summed E-state index contributed by atoms with van der Waals surface area (Å²) in [6.07, 6.45) is 17.6. The van der Waals surface area contributed by atoms with Crippen LogP contribution in [-0.4, -0.2) is 0 Å². The highest BCUT2D eigenvalue weighted by atomic mass is 19.2. The van der Waals surface area contributed by atoms with Crippen molar-refractivity contribution in [1.82, 2.24) is 0 Å². The first-order valence-electron chi connectivity index (χ1n) is 13.9. The quantitative estimate of drug-likeness (QED) is 0.324. The number of benzene rings is 2. The minimum absolute atomic E-state index is 0.0405. The molecule has 4 rings (SSSR count). The van der Waals surface area contributed by atoms with Crippen molar-refractivity contribution in [1.29, 1.82) is 0 Å². The van der Waals surface area contributed by atoms with Gasteiger partial charge in [-0.2, -0.15) is 4.39 Å². The van der Waals surface area contributed by atoms with Crippen LogP contribution in [-0.2, 0) is 6.42 Å². The SMILES string of the molecule is CC=COc1ccc(C2CCC(CCC3CCC(c4ccc(CCC)cc4)CC3)CC2)c(F)c1F. The lowest BCUT2D eigenvalue weighted by Crippen LogP contribution is -2.18. The number of allylic oxidation sites excluding steroid dienone is 1. The van der Waals surface area contributed by atoms with E-state index < -0.39 is 11.6 Å². The lowest BCUT2D eigenvalue weighted by atomic mass is 9.73. The molecule has 0 amide bonds. The third kappa shape index (κ3) is 6.74. The molecule has 2 aromatic rings. The van der Waals surface area contributed by atoms with Gasteiger partial charge in [0.2, 0.25) is 5.82 Å². The molecule has 2 fully saturated rings. The van der Waals surface area contributed by atoms with Crippen LogP contribution in [0.2, 0.25) is 0 Å². The number of aryl methyl sites for hydroxylation is 1. The Hall–Kier alpha value is -2.16. The van der Waals surface area contributed by atoms with Gasteiger partial charge in [0.25, 0.3) is 0 Å². The molecule has 0 aromatic heterocycles. The summed E-state index contributed by atoms with van der Waals surface area (Å²) in [5, 5.41) is 0. The van der Waals surface area contributed by atoms with E-state index in [1.807, 2.05) is 0 Å². The summed E-state index contributed by atoms with van der Waals surface area (Å²) in [5.74, 6) is 0.821. The van der Waals surface area contributed by atoms with Gasteiger partial charge < -0.3 is 4.74 Å². The van der Waals surface area contributed by atoms with Crippen molar-refractivity contribution in [2.24, 2.45) is 11.8 Å². The number of hydrogen-bond donors (Lipinski definition) is 0. The minimum Gasteiger partial charge on any atom is -0.462 e. The summed E-state index contributed by atoms with van der Waals surface area (Å²) in [7, 11) is 0. The Kier molecular flexibility index (Phi) is 9.40. The second kappa shape index (κ2) is 12.7. The molecule has 0 atom stereocenters. The first-order chi connectivity index (χ1) is 17.1. The van der Waals surface area contributed by atoms with Crippen LogP contribution < -0.4 is 4.74 Å². The van der Waals surface area contributed by atoms with Gasteiger partial charge in [-0.3, -0.25) is 0 Å². The first-order valence-corrected chi connectivity index (χ1v) is 13.9. The van der Waals surface area contributed by atoms with E-state index in [-0.39, 0.29) is 11.7 Å². The van der Waals surface area contributed by atoms with Crippen molar-refractivity contribution in [3.8, 4) is 5.75 Å². The summed E-state index contributed by atoms with van der Waals surface area (Å²) in [5.41, 5.74) is 3.52. The third-order valence-electron chi connectivity index (χ3n) is 8.51. The number of halogens is 2. The van der Waals surface area contributed by atoms with Gasteiger partial charge in [-0.05, 0) is 111 Å². The second-order valence-electron chi connectivity index (χ2n) is 10.9. The van der Waals surface area contributed by atoms with Crippen LogP contribution in [0.1, 0.15) is 113 Å². The average Bonchev–Trinajstić information content (AvgIpc) is 2.90.